The highest BCUT2D eigenvalue weighted by Crippen LogP contribution is 2.31. The summed E-state index contributed by atoms with van der Waals surface area (Å²) < 4.78 is 16.6. The standard InChI is InChI=1S/C14H21NO4/c1-17-14-7-10(12(15)8-16)4-5-13(14)19-11-3-2-6-18-9-11/h4-5,7,11-12,16H,2-3,6,8-9,15H2,1H3. The number of benzene rings is 1. The first kappa shape index (κ1) is 14.1. The summed E-state index contributed by atoms with van der Waals surface area (Å²) in [5.41, 5.74) is 6.61. The predicted molar refractivity (Wildman–Crippen MR) is 71.5 cm³/mol. The van der Waals surface area contributed by atoms with Crippen LogP contribution in [0.2, 0.25) is 0 Å². The average Bonchev–Trinajstić information content (AvgIpc) is 2.48. The second-order valence-electron chi connectivity index (χ2n) is 4.66. The van der Waals surface area contributed by atoms with Gasteiger partial charge < -0.3 is 25.1 Å². The van der Waals surface area contributed by atoms with Gasteiger partial charge in [-0.05, 0) is 30.5 Å². The molecule has 1 heterocycles. The van der Waals surface area contributed by atoms with E-state index in [0.29, 0.717) is 18.1 Å². The van der Waals surface area contributed by atoms with Gasteiger partial charge in [0.25, 0.3) is 0 Å². The number of aliphatic hydroxyl groups is 1. The van der Waals surface area contributed by atoms with Crippen LogP contribution in [0.3, 0.4) is 0 Å². The van der Waals surface area contributed by atoms with Crippen molar-refractivity contribution in [1.82, 2.24) is 0 Å². The lowest BCUT2D eigenvalue weighted by molar-refractivity contribution is 0.00643. The van der Waals surface area contributed by atoms with Gasteiger partial charge in [-0.15, -0.1) is 0 Å². The van der Waals surface area contributed by atoms with Crippen LogP contribution < -0.4 is 15.2 Å². The quantitative estimate of drug-likeness (QED) is 0.839. The van der Waals surface area contributed by atoms with Crippen LogP contribution >= 0.6 is 0 Å². The van der Waals surface area contributed by atoms with Gasteiger partial charge in [-0.1, -0.05) is 6.07 Å². The van der Waals surface area contributed by atoms with Crippen molar-refractivity contribution >= 4 is 0 Å². The van der Waals surface area contributed by atoms with Gasteiger partial charge in [0, 0.05) is 6.61 Å². The molecule has 3 N–H and O–H groups in total. The van der Waals surface area contributed by atoms with Gasteiger partial charge in [-0.3, -0.25) is 0 Å². The molecule has 1 aromatic rings. The molecule has 1 aliphatic rings. The molecule has 0 bridgehead atoms. The van der Waals surface area contributed by atoms with Crippen molar-refractivity contribution in [3.63, 3.8) is 0 Å². The van der Waals surface area contributed by atoms with Gasteiger partial charge in [0.05, 0.1) is 26.4 Å². The predicted octanol–water partition coefficient (Wildman–Crippen LogP) is 1.25. The van der Waals surface area contributed by atoms with Crippen molar-refractivity contribution in [3.8, 4) is 11.5 Å². The maximum Gasteiger partial charge on any atom is 0.161 e. The Balaban J connectivity index is 2.11. The number of hydrogen-bond acceptors (Lipinski definition) is 5. The zero-order valence-electron chi connectivity index (χ0n) is 11.2. The molecule has 2 rings (SSSR count). The number of rotatable bonds is 5. The third-order valence-electron chi connectivity index (χ3n) is 3.22. The van der Waals surface area contributed by atoms with E-state index in [0.717, 1.165) is 25.0 Å². The van der Waals surface area contributed by atoms with Crippen LogP contribution in [0, 0.1) is 0 Å². The molecular weight excluding hydrogens is 246 g/mol. The van der Waals surface area contributed by atoms with Crippen molar-refractivity contribution in [2.45, 2.75) is 25.0 Å². The first-order valence-corrected chi connectivity index (χ1v) is 6.53. The summed E-state index contributed by atoms with van der Waals surface area (Å²) in [5, 5.41) is 9.07. The summed E-state index contributed by atoms with van der Waals surface area (Å²) in [6, 6.07) is 5.08. The van der Waals surface area contributed by atoms with Crippen LogP contribution in [0.1, 0.15) is 24.4 Å². The molecule has 1 saturated heterocycles. The summed E-state index contributed by atoms with van der Waals surface area (Å²) in [4.78, 5) is 0. The monoisotopic (exact) mass is 267 g/mol. The molecule has 106 valence electrons. The molecule has 1 aromatic carbocycles. The minimum Gasteiger partial charge on any atom is -0.493 e. The van der Waals surface area contributed by atoms with Gasteiger partial charge in [-0.2, -0.15) is 0 Å². The molecule has 1 fully saturated rings. The Hall–Kier alpha value is -1.30. The molecular formula is C14H21NO4. The Labute approximate surface area is 113 Å². The lowest BCUT2D eigenvalue weighted by atomic mass is 10.1. The van der Waals surface area contributed by atoms with E-state index in [9.17, 15) is 0 Å². The zero-order valence-corrected chi connectivity index (χ0v) is 11.2. The highest BCUT2D eigenvalue weighted by Gasteiger charge is 2.18. The zero-order chi connectivity index (χ0) is 13.7. The number of methoxy groups -OCH3 is 1. The van der Waals surface area contributed by atoms with Crippen LogP contribution in [-0.4, -0.2) is 38.1 Å². The normalized spacial score (nSPS) is 20.9. The van der Waals surface area contributed by atoms with Crippen LogP contribution in [0.5, 0.6) is 11.5 Å². The minimum absolute atomic E-state index is 0.0695. The SMILES string of the molecule is COc1cc(C(N)CO)ccc1OC1CCCOC1. The lowest BCUT2D eigenvalue weighted by Crippen LogP contribution is -2.28. The molecule has 0 aliphatic carbocycles. The fourth-order valence-electron chi connectivity index (χ4n) is 2.10. The van der Waals surface area contributed by atoms with Gasteiger partial charge in [0.1, 0.15) is 6.10 Å². The van der Waals surface area contributed by atoms with Gasteiger partial charge >= 0.3 is 0 Å². The number of aliphatic hydroxyl groups excluding tert-OH is 1. The van der Waals surface area contributed by atoms with Crippen molar-refractivity contribution in [2.75, 3.05) is 26.9 Å². The molecule has 0 aromatic heterocycles. The van der Waals surface area contributed by atoms with E-state index in [2.05, 4.69) is 0 Å². The number of nitrogens with two attached hydrogens (primary N) is 1. The lowest BCUT2D eigenvalue weighted by Gasteiger charge is -2.24. The van der Waals surface area contributed by atoms with Crippen LogP contribution in [0.4, 0.5) is 0 Å². The molecule has 2 unspecified atom stereocenters. The van der Waals surface area contributed by atoms with E-state index >= 15 is 0 Å². The molecule has 5 nitrogen and oxygen atoms in total. The summed E-state index contributed by atoms with van der Waals surface area (Å²) in [6.07, 6.45) is 2.07. The molecule has 0 amide bonds. The van der Waals surface area contributed by atoms with E-state index in [1.165, 1.54) is 0 Å². The molecule has 19 heavy (non-hydrogen) atoms. The van der Waals surface area contributed by atoms with E-state index in [-0.39, 0.29) is 12.7 Å². The molecule has 0 saturated carbocycles. The average molecular weight is 267 g/mol. The second-order valence-corrected chi connectivity index (χ2v) is 4.66. The summed E-state index contributed by atoms with van der Waals surface area (Å²) in [7, 11) is 1.59. The Morgan fingerprint density at radius 2 is 2.32 bits per heavy atom. The largest absolute Gasteiger partial charge is 0.493 e. The summed E-state index contributed by atoms with van der Waals surface area (Å²) >= 11 is 0. The smallest absolute Gasteiger partial charge is 0.161 e. The van der Waals surface area contributed by atoms with Crippen molar-refractivity contribution < 1.29 is 19.3 Å². The summed E-state index contributed by atoms with van der Waals surface area (Å²) in [6.45, 7) is 1.32. The minimum atomic E-state index is -0.402. The molecule has 0 radical (unpaired) electrons. The van der Waals surface area contributed by atoms with E-state index in [4.69, 9.17) is 25.1 Å². The Morgan fingerprint density at radius 1 is 1.47 bits per heavy atom. The Bertz CT molecular complexity index is 404. The molecule has 0 spiro atoms. The van der Waals surface area contributed by atoms with Crippen LogP contribution in [0.25, 0.3) is 0 Å². The van der Waals surface area contributed by atoms with Crippen LogP contribution in [-0.2, 0) is 4.74 Å². The third-order valence-corrected chi connectivity index (χ3v) is 3.22. The third kappa shape index (κ3) is 3.59. The van der Waals surface area contributed by atoms with E-state index in [1.54, 1.807) is 13.2 Å². The van der Waals surface area contributed by atoms with Gasteiger partial charge in [0.2, 0.25) is 0 Å². The number of ether oxygens (including phenoxy) is 3. The second kappa shape index (κ2) is 6.75. The van der Waals surface area contributed by atoms with E-state index < -0.39 is 6.04 Å². The topological polar surface area (TPSA) is 73.9 Å². The molecule has 2 atom stereocenters. The summed E-state index contributed by atoms with van der Waals surface area (Å²) in [5.74, 6) is 1.32. The van der Waals surface area contributed by atoms with Crippen molar-refractivity contribution in [3.05, 3.63) is 23.8 Å². The first-order chi connectivity index (χ1) is 9.24. The van der Waals surface area contributed by atoms with Crippen molar-refractivity contribution in [1.29, 1.82) is 0 Å². The van der Waals surface area contributed by atoms with Crippen LogP contribution in [0.15, 0.2) is 18.2 Å². The fourth-order valence-corrected chi connectivity index (χ4v) is 2.10. The van der Waals surface area contributed by atoms with E-state index in [1.807, 2.05) is 12.1 Å². The maximum absolute atomic E-state index is 9.07. The molecule has 5 heteroatoms. The Morgan fingerprint density at radius 3 is 2.95 bits per heavy atom. The highest BCUT2D eigenvalue weighted by atomic mass is 16.5. The fraction of sp³-hybridized carbons (Fsp3) is 0.571. The highest BCUT2D eigenvalue weighted by molar-refractivity contribution is 5.44. The molecule has 1 aliphatic heterocycles. The Kier molecular flexibility index (Phi) is 5.01. The maximum atomic E-state index is 9.07. The van der Waals surface area contributed by atoms with Crippen molar-refractivity contribution in [2.24, 2.45) is 5.73 Å². The number of hydrogen-bond donors (Lipinski definition) is 2. The van der Waals surface area contributed by atoms with Gasteiger partial charge in [0.15, 0.2) is 11.5 Å². The van der Waals surface area contributed by atoms with Gasteiger partial charge in [-0.25, -0.2) is 0 Å². The first-order valence-electron chi connectivity index (χ1n) is 6.53.